The van der Waals surface area contributed by atoms with Crippen LogP contribution in [0.2, 0.25) is 0 Å². The minimum atomic E-state index is -0.0517. The van der Waals surface area contributed by atoms with Crippen molar-refractivity contribution in [1.82, 2.24) is 4.90 Å². The molecule has 0 saturated heterocycles. The number of benzene rings is 1. The fraction of sp³-hybridized carbons (Fsp3) is 0.533. The van der Waals surface area contributed by atoms with E-state index in [-0.39, 0.29) is 12.1 Å². The zero-order chi connectivity index (χ0) is 14.0. The van der Waals surface area contributed by atoms with Crippen LogP contribution in [0.25, 0.3) is 0 Å². The molecule has 0 bridgehead atoms. The predicted octanol–water partition coefficient (Wildman–Crippen LogP) is 3.10. The van der Waals surface area contributed by atoms with Gasteiger partial charge in [-0.3, -0.25) is 0 Å². The van der Waals surface area contributed by atoms with Gasteiger partial charge < -0.3 is 16.0 Å². The number of carbonyl (C=O) groups is 1. The normalized spacial score (nSPS) is 17.7. The average Bonchev–Trinajstić information content (AvgIpc) is 2.39. The molecule has 0 aliphatic carbocycles. The number of nitrogens with one attached hydrogen (secondary N) is 1. The summed E-state index contributed by atoms with van der Waals surface area (Å²) in [5.74, 6) is 0.633. The van der Waals surface area contributed by atoms with Gasteiger partial charge in [0.05, 0.1) is 0 Å². The summed E-state index contributed by atoms with van der Waals surface area (Å²) in [6, 6.07) is 6.13. The standard InChI is InChI=1S/C15H23N3O/c1-4-10(2)7-13(16)11-5-6-14-12(8-11)9-18(3)15(19)17-14/h5-6,8,10,13H,4,7,9,16H2,1-3H3,(H,17,19). The van der Waals surface area contributed by atoms with Crippen LogP contribution < -0.4 is 11.1 Å². The van der Waals surface area contributed by atoms with Crippen molar-refractivity contribution in [1.29, 1.82) is 0 Å². The van der Waals surface area contributed by atoms with E-state index in [1.807, 2.05) is 12.1 Å². The Bertz CT molecular complexity index is 472. The molecule has 1 aromatic rings. The second-order valence-electron chi connectivity index (χ2n) is 5.56. The highest BCUT2D eigenvalue weighted by Gasteiger charge is 2.20. The maximum atomic E-state index is 11.6. The molecule has 0 spiro atoms. The molecule has 1 heterocycles. The summed E-state index contributed by atoms with van der Waals surface area (Å²) in [4.78, 5) is 13.2. The SMILES string of the molecule is CCC(C)CC(N)c1ccc2c(c1)CN(C)C(=O)N2. The number of hydrogen-bond acceptors (Lipinski definition) is 2. The fourth-order valence-electron chi connectivity index (χ4n) is 2.37. The molecule has 0 radical (unpaired) electrons. The summed E-state index contributed by atoms with van der Waals surface area (Å²) in [5.41, 5.74) is 9.47. The number of urea groups is 1. The van der Waals surface area contributed by atoms with Crippen molar-refractivity contribution in [2.75, 3.05) is 12.4 Å². The molecule has 2 unspecified atom stereocenters. The maximum Gasteiger partial charge on any atom is 0.321 e. The monoisotopic (exact) mass is 261 g/mol. The molecule has 0 fully saturated rings. The fourth-order valence-corrected chi connectivity index (χ4v) is 2.37. The first-order chi connectivity index (χ1) is 9.01. The van der Waals surface area contributed by atoms with Crippen LogP contribution in [0.5, 0.6) is 0 Å². The molecular weight excluding hydrogens is 238 g/mol. The summed E-state index contributed by atoms with van der Waals surface area (Å²) < 4.78 is 0. The van der Waals surface area contributed by atoms with E-state index in [0.717, 1.165) is 29.7 Å². The second kappa shape index (κ2) is 5.61. The van der Waals surface area contributed by atoms with Gasteiger partial charge in [-0.2, -0.15) is 0 Å². The van der Waals surface area contributed by atoms with Gasteiger partial charge in [0.25, 0.3) is 0 Å². The van der Waals surface area contributed by atoms with Crippen molar-refractivity contribution < 1.29 is 4.79 Å². The molecule has 3 N–H and O–H groups in total. The van der Waals surface area contributed by atoms with Crippen molar-refractivity contribution in [2.24, 2.45) is 11.7 Å². The molecule has 104 valence electrons. The van der Waals surface area contributed by atoms with Gasteiger partial charge in [-0.25, -0.2) is 4.79 Å². The molecule has 2 rings (SSSR count). The molecule has 0 saturated carbocycles. The van der Waals surface area contributed by atoms with E-state index < -0.39 is 0 Å². The highest BCUT2D eigenvalue weighted by atomic mass is 16.2. The Morgan fingerprint density at radius 3 is 2.89 bits per heavy atom. The zero-order valence-corrected chi connectivity index (χ0v) is 11.9. The number of nitrogens with two attached hydrogens (primary N) is 1. The van der Waals surface area contributed by atoms with Crippen LogP contribution in [0.4, 0.5) is 10.5 Å². The van der Waals surface area contributed by atoms with Gasteiger partial charge in [0.1, 0.15) is 0 Å². The Labute approximate surface area is 115 Å². The van der Waals surface area contributed by atoms with Gasteiger partial charge in [0.15, 0.2) is 0 Å². The van der Waals surface area contributed by atoms with Gasteiger partial charge in [-0.05, 0) is 29.5 Å². The van der Waals surface area contributed by atoms with Crippen LogP contribution in [-0.2, 0) is 6.54 Å². The largest absolute Gasteiger partial charge is 0.324 e. The average molecular weight is 261 g/mol. The van der Waals surface area contributed by atoms with Gasteiger partial charge >= 0.3 is 6.03 Å². The van der Waals surface area contributed by atoms with Gasteiger partial charge in [0.2, 0.25) is 0 Å². The Morgan fingerprint density at radius 1 is 1.47 bits per heavy atom. The lowest BCUT2D eigenvalue weighted by atomic mass is 9.93. The van der Waals surface area contributed by atoms with Crippen LogP contribution in [0.1, 0.15) is 43.9 Å². The summed E-state index contributed by atoms with van der Waals surface area (Å²) in [6.07, 6.45) is 2.15. The van der Waals surface area contributed by atoms with E-state index in [2.05, 4.69) is 25.2 Å². The number of amides is 2. The lowest BCUT2D eigenvalue weighted by Gasteiger charge is -2.27. The minimum Gasteiger partial charge on any atom is -0.324 e. The van der Waals surface area contributed by atoms with Gasteiger partial charge in [-0.15, -0.1) is 0 Å². The first kappa shape index (κ1) is 13.9. The molecule has 19 heavy (non-hydrogen) atoms. The van der Waals surface area contributed by atoms with Gasteiger partial charge in [-0.1, -0.05) is 32.4 Å². The number of carbonyl (C=O) groups excluding carboxylic acids is 1. The van der Waals surface area contributed by atoms with E-state index in [0.29, 0.717) is 12.5 Å². The predicted molar refractivity (Wildman–Crippen MR) is 77.9 cm³/mol. The van der Waals surface area contributed by atoms with Crippen LogP contribution in [0.3, 0.4) is 0 Å². The number of fused-ring (bicyclic) bond motifs is 1. The maximum absolute atomic E-state index is 11.6. The van der Waals surface area contributed by atoms with Crippen molar-refractivity contribution in [2.45, 2.75) is 39.3 Å². The van der Waals surface area contributed by atoms with E-state index in [9.17, 15) is 4.79 Å². The number of nitrogens with zero attached hydrogens (tertiary/aromatic N) is 1. The number of rotatable bonds is 4. The molecule has 4 nitrogen and oxygen atoms in total. The van der Waals surface area contributed by atoms with E-state index in [4.69, 9.17) is 5.73 Å². The van der Waals surface area contributed by atoms with Crippen LogP contribution >= 0.6 is 0 Å². The molecular formula is C15H23N3O. The third-order valence-electron chi connectivity index (χ3n) is 3.91. The summed E-state index contributed by atoms with van der Waals surface area (Å²) in [5, 5.41) is 2.87. The smallest absolute Gasteiger partial charge is 0.321 e. The van der Waals surface area contributed by atoms with Crippen molar-refractivity contribution in [3.63, 3.8) is 0 Å². The van der Waals surface area contributed by atoms with Crippen LogP contribution in [0, 0.1) is 5.92 Å². The molecule has 4 heteroatoms. The molecule has 2 amide bonds. The first-order valence-corrected chi connectivity index (χ1v) is 6.91. The number of hydrogen-bond donors (Lipinski definition) is 2. The quantitative estimate of drug-likeness (QED) is 0.875. The third kappa shape index (κ3) is 3.07. The van der Waals surface area contributed by atoms with E-state index >= 15 is 0 Å². The van der Waals surface area contributed by atoms with E-state index in [1.54, 1.807) is 11.9 Å². The van der Waals surface area contributed by atoms with Crippen LogP contribution in [-0.4, -0.2) is 18.0 Å². The lowest BCUT2D eigenvalue weighted by molar-refractivity contribution is 0.218. The summed E-state index contributed by atoms with van der Waals surface area (Å²) in [7, 11) is 1.80. The highest BCUT2D eigenvalue weighted by Crippen LogP contribution is 2.28. The van der Waals surface area contributed by atoms with Crippen molar-refractivity contribution in [3.05, 3.63) is 29.3 Å². The second-order valence-corrected chi connectivity index (χ2v) is 5.56. The first-order valence-electron chi connectivity index (χ1n) is 6.91. The Balaban J connectivity index is 2.17. The van der Waals surface area contributed by atoms with Crippen molar-refractivity contribution >= 4 is 11.7 Å². The summed E-state index contributed by atoms with van der Waals surface area (Å²) >= 11 is 0. The lowest BCUT2D eigenvalue weighted by Crippen LogP contribution is -2.35. The summed E-state index contributed by atoms with van der Waals surface area (Å²) in [6.45, 7) is 5.06. The minimum absolute atomic E-state index is 0.0517. The van der Waals surface area contributed by atoms with Gasteiger partial charge in [0, 0.05) is 25.3 Å². The highest BCUT2D eigenvalue weighted by molar-refractivity contribution is 5.92. The molecule has 2 atom stereocenters. The Morgan fingerprint density at radius 2 is 2.21 bits per heavy atom. The van der Waals surface area contributed by atoms with Crippen molar-refractivity contribution in [3.8, 4) is 0 Å². The Kier molecular flexibility index (Phi) is 4.10. The number of anilines is 1. The topological polar surface area (TPSA) is 58.4 Å². The molecule has 0 aromatic heterocycles. The molecule has 1 aliphatic rings. The van der Waals surface area contributed by atoms with Crippen LogP contribution in [0.15, 0.2) is 18.2 Å². The molecule has 1 aromatic carbocycles. The zero-order valence-electron chi connectivity index (χ0n) is 11.9. The molecule has 1 aliphatic heterocycles. The third-order valence-corrected chi connectivity index (χ3v) is 3.91. The Hall–Kier alpha value is -1.55. The van der Waals surface area contributed by atoms with E-state index in [1.165, 1.54) is 0 Å².